The monoisotopic (exact) mass is 189 g/mol. The van der Waals surface area contributed by atoms with Crippen molar-refractivity contribution in [1.82, 2.24) is 15.0 Å². The first-order valence-corrected chi connectivity index (χ1v) is 4.86. The van der Waals surface area contributed by atoms with Crippen molar-refractivity contribution in [3.63, 3.8) is 0 Å². The summed E-state index contributed by atoms with van der Waals surface area (Å²) in [5.41, 5.74) is 1.53. The number of rotatable bonds is 2. The molecule has 0 atom stereocenters. The van der Waals surface area contributed by atoms with Gasteiger partial charge < -0.3 is 5.11 Å². The highest BCUT2D eigenvalue weighted by Crippen LogP contribution is 2.31. The molecule has 2 aromatic rings. The van der Waals surface area contributed by atoms with E-state index in [0.29, 0.717) is 5.52 Å². The van der Waals surface area contributed by atoms with Crippen LogP contribution >= 0.6 is 0 Å². The molecule has 1 aliphatic rings. The molecular weight excluding hydrogens is 178 g/mol. The number of aromatic nitrogens is 3. The fourth-order valence-electron chi connectivity index (χ4n) is 1.66. The van der Waals surface area contributed by atoms with Crippen molar-refractivity contribution in [2.24, 2.45) is 5.92 Å². The van der Waals surface area contributed by atoms with Gasteiger partial charge in [0.2, 0.25) is 0 Å². The Kier molecular flexibility index (Phi) is 1.50. The third kappa shape index (κ3) is 1.14. The Labute approximate surface area is 81.2 Å². The lowest BCUT2D eigenvalue weighted by Gasteiger charge is -1.99. The summed E-state index contributed by atoms with van der Waals surface area (Å²) < 4.78 is 1.88. The van der Waals surface area contributed by atoms with Crippen LogP contribution in [0.4, 0.5) is 0 Å². The summed E-state index contributed by atoms with van der Waals surface area (Å²) in [4.78, 5) is 0. The molecule has 0 unspecified atom stereocenters. The molecule has 14 heavy (non-hydrogen) atoms. The molecule has 1 aromatic heterocycles. The molecule has 4 heteroatoms. The second-order valence-corrected chi connectivity index (χ2v) is 3.86. The largest absolute Gasteiger partial charge is 0.506 e. The highest BCUT2D eigenvalue weighted by molar-refractivity contribution is 5.80. The van der Waals surface area contributed by atoms with E-state index < -0.39 is 0 Å². The summed E-state index contributed by atoms with van der Waals surface area (Å²) in [6, 6.07) is 5.40. The van der Waals surface area contributed by atoms with Crippen molar-refractivity contribution in [3.05, 3.63) is 18.2 Å². The summed E-state index contributed by atoms with van der Waals surface area (Å²) in [7, 11) is 0. The fourth-order valence-corrected chi connectivity index (χ4v) is 1.66. The average molecular weight is 189 g/mol. The highest BCUT2D eigenvalue weighted by Gasteiger charge is 2.23. The summed E-state index contributed by atoms with van der Waals surface area (Å²) in [5, 5.41) is 17.5. The summed E-state index contributed by atoms with van der Waals surface area (Å²) in [6.07, 6.45) is 2.58. The van der Waals surface area contributed by atoms with Gasteiger partial charge in [0.15, 0.2) is 5.52 Å². The molecule has 4 nitrogen and oxygen atoms in total. The Balaban J connectivity index is 2.10. The van der Waals surface area contributed by atoms with Gasteiger partial charge in [0.05, 0.1) is 5.52 Å². The molecule has 0 radical (unpaired) electrons. The minimum atomic E-state index is 0.213. The van der Waals surface area contributed by atoms with Gasteiger partial charge in [-0.1, -0.05) is 11.3 Å². The summed E-state index contributed by atoms with van der Waals surface area (Å²) in [6.45, 7) is 0.931. The maximum atomic E-state index is 9.52. The Bertz CT molecular complexity index is 473. The molecule has 0 spiro atoms. The van der Waals surface area contributed by atoms with Crippen LogP contribution in [0.1, 0.15) is 12.8 Å². The average Bonchev–Trinajstić information content (AvgIpc) is 2.88. The van der Waals surface area contributed by atoms with E-state index in [1.165, 1.54) is 12.8 Å². The van der Waals surface area contributed by atoms with E-state index in [-0.39, 0.29) is 5.75 Å². The van der Waals surface area contributed by atoms with Crippen molar-refractivity contribution in [2.45, 2.75) is 19.4 Å². The Morgan fingerprint density at radius 2 is 2.29 bits per heavy atom. The highest BCUT2D eigenvalue weighted by atomic mass is 16.3. The van der Waals surface area contributed by atoms with Crippen LogP contribution in [0.2, 0.25) is 0 Å². The molecule has 0 saturated heterocycles. The van der Waals surface area contributed by atoms with Gasteiger partial charge in [-0.25, -0.2) is 4.68 Å². The van der Waals surface area contributed by atoms with Gasteiger partial charge >= 0.3 is 0 Å². The Morgan fingerprint density at radius 3 is 3.07 bits per heavy atom. The molecule has 1 fully saturated rings. The number of aromatic hydroxyl groups is 1. The lowest BCUT2D eigenvalue weighted by Crippen LogP contribution is -2.01. The minimum absolute atomic E-state index is 0.213. The van der Waals surface area contributed by atoms with E-state index in [1.807, 2.05) is 16.8 Å². The van der Waals surface area contributed by atoms with Crippen LogP contribution < -0.4 is 0 Å². The predicted molar refractivity (Wildman–Crippen MR) is 51.9 cm³/mol. The quantitative estimate of drug-likeness (QED) is 0.779. The third-order valence-electron chi connectivity index (χ3n) is 2.65. The van der Waals surface area contributed by atoms with Crippen molar-refractivity contribution >= 4 is 11.0 Å². The first-order valence-electron chi connectivity index (χ1n) is 4.86. The molecule has 1 N–H and O–H groups in total. The zero-order valence-corrected chi connectivity index (χ0v) is 7.72. The third-order valence-corrected chi connectivity index (χ3v) is 2.65. The van der Waals surface area contributed by atoms with Gasteiger partial charge in [-0.3, -0.25) is 0 Å². The van der Waals surface area contributed by atoms with Crippen LogP contribution in [-0.2, 0) is 6.54 Å². The van der Waals surface area contributed by atoms with Crippen LogP contribution in [0.3, 0.4) is 0 Å². The standard InChI is InChI=1S/C10H11N3O/c14-9-3-1-2-8-10(9)11-12-13(8)6-7-4-5-7/h1-3,7,14H,4-6H2. The molecule has 1 heterocycles. The predicted octanol–water partition coefficient (Wildman–Crippen LogP) is 1.55. The van der Waals surface area contributed by atoms with Crippen molar-refractivity contribution < 1.29 is 5.11 Å². The van der Waals surface area contributed by atoms with Crippen molar-refractivity contribution in [1.29, 1.82) is 0 Å². The van der Waals surface area contributed by atoms with E-state index in [9.17, 15) is 5.11 Å². The first kappa shape index (κ1) is 7.79. The molecule has 1 aliphatic carbocycles. The van der Waals surface area contributed by atoms with E-state index in [4.69, 9.17) is 0 Å². The van der Waals surface area contributed by atoms with Crippen LogP contribution in [-0.4, -0.2) is 20.1 Å². The van der Waals surface area contributed by atoms with Crippen LogP contribution in [0.25, 0.3) is 11.0 Å². The lowest BCUT2D eigenvalue weighted by atomic mass is 10.3. The topological polar surface area (TPSA) is 50.9 Å². The second kappa shape index (κ2) is 2.70. The molecule has 3 rings (SSSR count). The molecule has 72 valence electrons. The van der Waals surface area contributed by atoms with E-state index in [2.05, 4.69) is 10.3 Å². The molecule has 0 aliphatic heterocycles. The molecule has 1 saturated carbocycles. The molecule has 1 aromatic carbocycles. The van der Waals surface area contributed by atoms with E-state index in [0.717, 1.165) is 18.0 Å². The number of fused-ring (bicyclic) bond motifs is 1. The number of hydrogen-bond acceptors (Lipinski definition) is 3. The molecule has 0 amide bonds. The zero-order chi connectivity index (χ0) is 9.54. The van der Waals surface area contributed by atoms with E-state index >= 15 is 0 Å². The van der Waals surface area contributed by atoms with Gasteiger partial charge in [0, 0.05) is 6.54 Å². The van der Waals surface area contributed by atoms with Gasteiger partial charge in [0.25, 0.3) is 0 Å². The van der Waals surface area contributed by atoms with Gasteiger partial charge in [-0.05, 0) is 30.9 Å². The minimum Gasteiger partial charge on any atom is -0.506 e. The van der Waals surface area contributed by atoms with Crippen molar-refractivity contribution in [2.75, 3.05) is 0 Å². The van der Waals surface area contributed by atoms with Crippen LogP contribution in [0, 0.1) is 5.92 Å². The van der Waals surface area contributed by atoms with Gasteiger partial charge in [-0.15, -0.1) is 5.10 Å². The number of phenols is 1. The molecule has 0 bridgehead atoms. The van der Waals surface area contributed by atoms with Gasteiger partial charge in [0.1, 0.15) is 5.75 Å². The number of nitrogens with zero attached hydrogens (tertiary/aromatic N) is 3. The Morgan fingerprint density at radius 1 is 1.43 bits per heavy atom. The SMILES string of the molecule is Oc1cccc2c1nnn2CC1CC1. The van der Waals surface area contributed by atoms with Crippen molar-refractivity contribution in [3.8, 4) is 5.75 Å². The second-order valence-electron chi connectivity index (χ2n) is 3.86. The summed E-state index contributed by atoms with van der Waals surface area (Å²) >= 11 is 0. The fraction of sp³-hybridized carbons (Fsp3) is 0.400. The van der Waals surface area contributed by atoms with Crippen LogP contribution in [0.15, 0.2) is 18.2 Å². The Hall–Kier alpha value is -1.58. The number of hydrogen-bond donors (Lipinski definition) is 1. The smallest absolute Gasteiger partial charge is 0.154 e. The molecular formula is C10H11N3O. The first-order chi connectivity index (χ1) is 6.84. The van der Waals surface area contributed by atoms with E-state index in [1.54, 1.807) is 6.07 Å². The lowest BCUT2D eigenvalue weighted by molar-refractivity contribution is 0.480. The maximum Gasteiger partial charge on any atom is 0.154 e. The van der Waals surface area contributed by atoms with Crippen LogP contribution in [0.5, 0.6) is 5.75 Å². The summed E-state index contributed by atoms with van der Waals surface area (Å²) in [5.74, 6) is 0.979. The zero-order valence-electron chi connectivity index (χ0n) is 7.72. The number of benzene rings is 1. The van der Waals surface area contributed by atoms with Gasteiger partial charge in [-0.2, -0.15) is 0 Å². The number of phenolic OH excluding ortho intramolecular Hbond substituents is 1. The maximum absolute atomic E-state index is 9.52. The normalized spacial score (nSPS) is 16.3.